The van der Waals surface area contributed by atoms with Crippen molar-refractivity contribution in [2.24, 2.45) is 5.92 Å². The molecule has 0 atom stereocenters. The second-order valence-corrected chi connectivity index (χ2v) is 4.27. The Balaban J connectivity index is 2.28. The van der Waals surface area contributed by atoms with E-state index in [2.05, 4.69) is 0 Å². The Labute approximate surface area is 99.3 Å². The maximum absolute atomic E-state index is 11.0. The summed E-state index contributed by atoms with van der Waals surface area (Å²) in [5.74, 6) is 1.62. The zero-order valence-corrected chi connectivity index (χ0v) is 9.79. The Morgan fingerprint density at radius 3 is 2.81 bits per heavy atom. The van der Waals surface area contributed by atoms with Crippen LogP contribution in [0.1, 0.15) is 23.2 Å². The lowest BCUT2D eigenvalue weighted by Gasteiger charge is -2.13. The second kappa shape index (κ2) is 4.74. The Hall–Kier alpha value is -1.22. The van der Waals surface area contributed by atoms with Gasteiger partial charge in [-0.15, -0.1) is 0 Å². The summed E-state index contributed by atoms with van der Waals surface area (Å²) in [4.78, 5) is 11.0. The molecule has 86 valence electrons. The Morgan fingerprint density at radius 1 is 1.50 bits per heavy atom. The van der Waals surface area contributed by atoms with Gasteiger partial charge in [-0.3, -0.25) is 4.79 Å². The smallest absolute Gasteiger partial charge is 0.173 e. The van der Waals surface area contributed by atoms with Crippen molar-refractivity contribution in [2.75, 3.05) is 13.7 Å². The third kappa shape index (κ3) is 2.30. The predicted octanol–water partition coefficient (Wildman–Crippen LogP) is 2.95. The fourth-order valence-electron chi connectivity index (χ4n) is 1.46. The fourth-order valence-corrected chi connectivity index (χ4v) is 1.65. The third-order valence-electron chi connectivity index (χ3n) is 2.60. The number of ether oxygens (including phenoxy) is 2. The minimum atomic E-state index is 0.363. The maximum Gasteiger partial charge on any atom is 0.173 e. The van der Waals surface area contributed by atoms with Gasteiger partial charge in [0, 0.05) is 0 Å². The molecule has 1 aromatic rings. The molecule has 1 aliphatic carbocycles. The minimum Gasteiger partial charge on any atom is -0.493 e. The monoisotopic (exact) mass is 240 g/mol. The van der Waals surface area contributed by atoms with Crippen LogP contribution in [0, 0.1) is 5.92 Å². The number of rotatable bonds is 5. The summed E-state index contributed by atoms with van der Waals surface area (Å²) in [6.45, 7) is 0.623. The van der Waals surface area contributed by atoms with Crippen LogP contribution in [-0.4, -0.2) is 20.0 Å². The number of hydrogen-bond acceptors (Lipinski definition) is 3. The quantitative estimate of drug-likeness (QED) is 0.743. The van der Waals surface area contributed by atoms with Crippen molar-refractivity contribution in [1.82, 2.24) is 0 Å². The van der Waals surface area contributed by atoms with Gasteiger partial charge in [0.2, 0.25) is 0 Å². The maximum atomic E-state index is 11.0. The number of aldehydes is 1. The highest BCUT2D eigenvalue weighted by atomic mass is 35.5. The number of hydrogen-bond donors (Lipinski definition) is 0. The van der Waals surface area contributed by atoms with Crippen LogP contribution in [0.25, 0.3) is 0 Å². The molecule has 0 bridgehead atoms. The molecule has 1 fully saturated rings. The van der Waals surface area contributed by atoms with Crippen molar-refractivity contribution in [3.05, 3.63) is 22.7 Å². The minimum absolute atomic E-state index is 0.363. The highest BCUT2D eigenvalue weighted by molar-refractivity contribution is 6.33. The molecule has 0 aliphatic heterocycles. The van der Waals surface area contributed by atoms with Gasteiger partial charge in [0.25, 0.3) is 0 Å². The predicted molar refractivity (Wildman–Crippen MR) is 61.6 cm³/mol. The van der Waals surface area contributed by atoms with E-state index in [1.54, 1.807) is 19.2 Å². The van der Waals surface area contributed by atoms with Gasteiger partial charge in [-0.05, 0) is 30.9 Å². The first kappa shape index (κ1) is 11.3. The summed E-state index contributed by atoms with van der Waals surface area (Å²) >= 11 is 5.92. The van der Waals surface area contributed by atoms with Crippen molar-refractivity contribution in [1.29, 1.82) is 0 Å². The molecule has 0 aromatic heterocycles. The van der Waals surface area contributed by atoms with Crippen LogP contribution in [0.15, 0.2) is 12.1 Å². The van der Waals surface area contributed by atoms with Crippen molar-refractivity contribution < 1.29 is 14.3 Å². The molecule has 16 heavy (non-hydrogen) atoms. The van der Waals surface area contributed by atoms with E-state index in [1.165, 1.54) is 12.8 Å². The Morgan fingerprint density at radius 2 is 2.25 bits per heavy atom. The van der Waals surface area contributed by atoms with Gasteiger partial charge in [0.1, 0.15) is 0 Å². The molecule has 3 nitrogen and oxygen atoms in total. The molecule has 1 aliphatic rings. The van der Waals surface area contributed by atoms with E-state index < -0.39 is 0 Å². The first-order chi connectivity index (χ1) is 7.76. The van der Waals surface area contributed by atoms with E-state index in [-0.39, 0.29) is 0 Å². The number of benzene rings is 1. The van der Waals surface area contributed by atoms with E-state index in [4.69, 9.17) is 21.1 Å². The molecule has 0 heterocycles. The molecule has 0 radical (unpaired) electrons. The Bertz CT molecular complexity index is 399. The van der Waals surface area contributed by atoms with Gasteiger partial charge in [-0.25, -0.2) is 0 Å². The fraction of sp³-hybridized carbons (Fsp3) is 0.417. The van der Waals surface area contributed by atoms with Crippen molar-refractivity contribution in [3.8, 4) is 11.5 Å². The van der Waals surface area contributed by atoms with Crippen LogP contribution in [0.3, 0.4) is 0 Å². The summed E-state index contributed by atoms with van der Waals surface area (Å²) in [5.41, 5.74) is 0.363. The zero-order chi connectivity index (χ0) is 11.5. The second-order valence-electron chi connectivity index (χ2n) is 3.86. The van der Waals surface area contributed by atoms with Gasteiger partial charge in [-0.2, -0.15) is 0 Å². The van der Waals surface area contributed by atoms with E-state index in [0.29, 0.717) is 40.9 Å². The molecule has 1 aromatic carbocycles. The number of halogens is 1. The van der Waals surface area contributed by atoms with Gasteiger partial charge in [0.05, 0.1) is 24.3 Å². The number of carbonyl (C=O) groups is 1. The van der Waals surface area contributed by atoms with Gasteiger partial charge in [-0.1, -0.05) is 11.6 Å². The van der Waals surface area contributed by atoms with Crippen LogP contribution in [0.5, 0.6) is 11.5 Å². The molecule has 0 amide bonds. The molecular weight excluding hydrogens is 228 g/mol. The van der Waals surface area contributed by atoms with Gasteiger partial charge >= 0.3 is 0 Å². The van der Waals surface area contributed by atoms with Crippen LogP contribution in [-0.2, 0) is 0 Å². The van der Waals surface area contributed by atoms with Crippen molar-refractivity contribution in [3.63, 3.8) is 0 Å². The van der Waals surface area contributed by atoms with E-state index >= 15 is 0 Å². The standard InChI is InChI=1S/C12H13ClO3/c1-15-11-5-4-10(13)9(6-14)12(11)16-7-8-2-3-8/h4-6,8H,2-3,7H2,1H3. The number of carbonyl (C=O) groups excluding carboxylic acids is 1. The number of methoxy groups -OCH3 is 1. The lowest BCUT2D eigenvalue weighted by molar-refractivity contribution is 0.111. The van der Waals surface area contributed by atoms with Gasteiger partial charge < -0.3 is 9.47 Å². The summed E-state index contributed by atoms with van der Waals surface area (Å²) in [6.07, 6.45) is 3.09. The molecule has 1 saturated carbocycles. The molecule has 0 N–H and O–H groups in total. The zero-order valence-electron chi connectivity index (χ0n) is 9.03. The van der Waals surface area contributed by atoms with E-state index in [9.17, 15) is 4.79 Å². The molecule has 2 rings (SSSR count). The van der Waals surface area contributed by atoms with E-state index in [1.807, 2.05) is 0 Å². The topological polar surface area (TPSA) is 35.5 Å². The lowest BCUT2D eigenvalue weighted by Crippen LogP contribution is -2.04. The summed E-state index contributed by atoms with van der Waals surface area (Å²) in [5, 5.41) is 0.390. The van der Waals surface area contributed by atoms with Crippen molar-refractivity contribution >= 4 is 17.9 Å². The van der Waals surface area contributed by atoms with Crippen LogP contribution >= 0.6 is 11.6 Å². The van der Waals surface area contributed by atoms with Crippen LogP contribution in [0.2, 0.25) is 5.02 Å². The summed E-state index contributed by atoms with van der Waals surface area (Å²) in [7, 11) is 1.54. The third-order valence-corrected chi connectivity index (χ3v) is 2.93. The normalized spacial score (nSPS) is 14.6. The average molecular weight is 241 g/mol. The van der Waals surface area contributed by atoms with Gasteiger partial charge in [0.15, 0.2) is 17.8 Å². The molecule has 0 spiro atoms. The SMILES string of the molecule is COc1ccc(Cl)c(C=O)c1OCC1CC1. The molecule has 4 heteroatoms. The van der Waals surface area contributed by atoms with Crippen molar-refractivity contribution in [2.45, 2.75) is 12.8 Å². The highest BCUT2D eigenvalue weighted by Crippen LogP contribution is 2.37. The molecule has 0 unspecified atom stereocenters. The first-order valence-electron chi connectivity index (χ1n) is 5.20. The largest absolute Gasteiger partial charge is 0.493 e. The Kier molecular flexibility index (Phi) is 3.34. The highest BCUT2D eigenvalue weighted by Gasteiger charge is 2.24. The first-order valence-corrected chi connectivity index (χ1v) is 5.58. The average Bonchev–Trinajstić information content (AvgIpc) is 3.10. The molecular formula is C12H13ClO3. The van der Waals surface area contributed by atoms with E-state index in [0.717, 1.165) is 0 Å². The summed E-state index contributed by atoms with van der Waals surface area (Å²) in [6, 6.07) is 3.34. The van der Waals surface area contributed by atoms with Crippen LogP contribution < -0.4 is 9.47 Å². The lowest BCUT2D eigenvalue weighted by atomic mass is 10.2. The summed E-state index contributed by atoms with van der Waals surface area (Å²) < 4.78 is 10.8. The van der Waals surface area contributed by atoms with Crippen LogP contribution in [0.4, 0.5) is 0 Å². The molecule has 0 saturated heterocycles.